The van der Waals surface area contributed by atoms with Gasteiger partial charge in [-0.2, -0.15) is 0 Å². The summed E-state index contributed by atoms with van der Waals surface area (Å²) >= 11 is 4.08. The van der Waals surface area contributed by atoms with E-state index in [1.165, 1.54) is 0 Å². The molecule has 0 aliphatic carbocycles. The van der Waals surface area contributed by atoms with Crippen molar-refractivity contribution >= 4 is 18.3 Å². The SMILES string of the molecule is Nc1ccc(S)cc1.OC[C@H]1O[C@@H]2O[C@H]3[C@H](O)[C@@H](O)[C@@H](O[C@H]4[C@H](O)[C@@H](O)[C@@H](O[C@H]5[C@H](O)[C@@H](O)[C@@H](O[C@H]6[C@H](O)[C@@H](O)[C@@H](O[C@H]7[C@H](O)[C@@H](O)[C@@H](O[C@H]8[C@H](O)[C@@H](O)[C@@H](O[C@H]1[C@H](O)[C@H]2O)O[C@@H]8CO)O[C@@H]7CO)O[C@@H]6CO)O[C@@H]5CO)O[C@@H]4CO)O[C@@H]3CO. The fourth-order valence-corrected chi connectivity index (χ4v) is 11.0. The number of rotatable bonds is 7. The zero-order valence-electron chi connectivity index (χ0n) is 44.6. The van der Waals surface area contributed by atoms with E-state index in [0.717, 1.165) is 10.6 Å². The lowest BCUT2D eigenvalue weighted by molar-refractivity contribution is -0.396. The molecule has 23 N–H and O–H groups in total. The molecule has 85 heavy (non-hydrogen) atoms. The van der Waals surface area contributed by atoms with Crippen molar-refractivity contribution in [2.75, 3.05) is 52.0 Å². The van der Waals surface area contributed by atoms with Crippen molar-refractivity contribution in [3.05, 3.63) is 24.3 Å². The van der Waals surface area contributed by atoms with Crippen LogP contribution in [0.4, 0.5) is 5.69 Å². The highest BCUT2D eigenvalue weighted by atomic mass is 32.1. The third kappa shape index (κ3) is 14.5. The Kier molecular flexibility index (Phi) is 24.3. The van der Waals surface area contributed by atoms with Crippen LogP contribution in [-0.4, -0.2) is 368 Å². The maximum Gasteiger partial charge on any atom is 0.187 e. The van der Waals surface area contributed by atoms with Crippen LogP contribution in [0.3, 0.4) is 0 Å². The van der Waals surface area contributed by atoms with Crippen molar-refractivity contribution in [1.82, 2.24) is 0 Å². The van der Waals surface area contributed by atoms with Crippen molar-refractivity contribution in [3.63, 3.8) is 0 Å². The molecule has 0 saturated carbocycles. The van der Waals surface area contributed by atoms with Crippen LogP contribution in [-0.2, 0) is 66.3 Å². The molecule has 21 heterocycles. The lowest BCUT2D eigenvalue weighted by Gasteiger charge is -2.50. The Morgan fingerprint density at radius 2 is 0.388 bits per heavy atom. The molecule has 0 spiro atoms. The van der Waals surface area contributed by atoms with Crippen LogP contribution in [0.2, 0.25) is 0 Å². The standard InChI is InChI=1S/C42H70O35.C6H7NS/c43-1-8-29-15(50)22(57)36(64-8)72-30-9(2-44)66-38(24(59)17(30)52)74-32-11(4-46)68-40(26(61)19(32)54)76-34-13(6-48)70-42(28(63)21(34)56)77-35-14(7-49)69-41(27(62)20(35)55)75-33-12(5-47)67-39(25(60)18(33)53)73-31-10(3-45)65-37(71-29)23(58)16(31)51;7-5-1-3-6(8)4-2-5/h8-63H,1-7H2;1-4,8H,7H2/t8-,9-,10-,11-,12-,13-,14-,15-,16-,17-,18-,19-,20-,21-,22-,23-,24-,25-,26-,27-,28-,29-,30-,31-,32-,33-,34-,35-,36-,37-,38-,39-,40-,41-,42-;/m1./s1. The van der Waals surface area contributed by atoms with Gasteiger partial charge in [-0.3, -0.25) is 0 Å². The second-order valence-electron chi connectivity index (χ2n) is 21.2. The molecule has 0 radical (unpaired) electrons. The largest absolute Gasteiger partial charge is 0.399 e. The number of nitrogen functional groups attached to an aromatic ring is 1. The van der Waals surface area contributed by atoms with Crippen LogP contribution in [0.5, 0.6) is 0 Å². The monoisotopic (exact) mass is 1260 g/mol. The first-order valence-electron chi connectivity index (χ1n) is 27.0. The fourth-order valence-electron chi connectivity index (χ4n) is 10.9. The summed E-state index contributed by atoms with van der Waals surface area (Å²) in [5, 5.41) is 230. The first-order valence-corrected chi connectivity index (χ1v) is 27.4. The average Bonchev–Trinajstić information content (AvgIpc) is 1.49. The molecular weight excluding hydrogens is 1180 g/mol. The van der Waals surface area contributed by atoms with E-state index in [1.54, 1.807) is 0 Å². The molecule has 36 nitrogen and oxygen atoms in total. The molecule has 490 valence electrons. The Bertz CT molecular complexity index is 1800. The molecule has 22 rings (SSSR count). The van der Waals surface area contributed by atoms with Gasteiger partial charge < -0.3 is 179 Å². The molecule has 37 heteroatoms. The summed E-state index contributed by atoms with van der Waals surface area (Å²) in [5.74, 6) is 0. The van der Waals surface area contributed by atoms with E-state index in [-0.39, 0.29) is 0 Å². The van der Waals surface area contributed by atoms with Gasteiger partial charge in [-0.15, -0.1) is 12.6 Å². The predicted molar refractivity (Wildman–Crippen MR) is 267 cm³/mol. The van der Waals surface area contributed by atoms with Crippen LogP contribution in [0.25, 0.3) is 0 Å². The molecule has 1 aromatic carbocycles. The Balaban J connectivity index is 0.00000108. The van der Waals surface area contributed by atoms with Crippen molar-refractivity contribution < 1.29 is 174 Å². The Labute approximate surface area is 486 Å². The Hall–Kier alpha value is -2.03. The highest BCUT2D eigenvalue weighted by Gasteiger charge is 2.59. The van der Waals surface area contributed by atoms with Gasteiger partial charge in [0.2, 0.25) is 0 Å². The van der Waals surface area contributed by atoms with Crippen LogP contribution < -0.4 is 5.73 Å². The minimum atomic E-state index is -2.21. The lowest BCUT2D eigenvalue weighted by atomic mass is 9.95. The van der Waals surface area contributed by atoms with E-state index in [0.29, 0.717) is 0 Å². The van der Waals surface area contributed by atoms with Crippen molar-refractivity contribution in [1.29, 1.82) is 0 Å². The molecular formula is C48H77NO35S. The number of hydrogen-bond acceptors (Lipinski definition) is 37. The quantitative estimate of drug-likeness (QED) is 0.0890. The molecule has 21 aliphatic heterocycles. The first-order chi connectivity index (χ1) is 40.4. The van der Waals surface area contributed by atoms with Crippen molar-refractivity contribution in [2.24, 2.45) is 0 Å². The summed E-state index contributed by atoms with van der Waals surface area (Å²) in [5.41, 5.74) is 6.17. The summed E-state index contributed by atoms with van der Waals surface area (Å²) < 4.78 is 79.5. The molecule has 21 saturated heterocycles. The van der Waals surface area contributed by atoms with Gasteiger partial charge in [0.25, 0.3) is 0 Å². The molecule has 0 unspecified atom stereocenters. The number of benzene rings is 1. The number of nitrogens with two attached hydrogens (primary N) is 1. The van der Waals surface area contributed by atoms with Gasteiger partial charge in [0.15, 0.2) is 44.0 Å². The number of anilines is 1. The van der Waals surface area contributed by atoms with E-state index >= 15 is 0 Å². The van der Waals surface area contributed by atoms with Gasteiger partial charge in [0.05, 0.1) is 46.2 Å². The van der Waals surface area contributed by atoms with Gasteiger partial charge >= 0.3 is 0 Å². The molecule has 35 atom stereocenters. The Morgan fingerprint density at radius 1 is 0.247 bits per heavy atom. The Morgan fingerprint density at radius 3 is 0.506 bits per heavy atom. The minimum Gasteiger partial charge on any atom is -0.399 e. The maximum absolute atomic E-state index is 11.3. The zero-order chi connectivity index (χ0) is 62.0. The first kappa shape index (κ1) is 68.9. The number of hydrogen-bond donors (Lipinski definition) is 23. The topological polar surface area (TPSA) is 580 Å². The smallest absolute Gasteiger partial charge is 0.187 e. The second kappa shape index (κ2) is 29.9. The highest BCUT2D eigenvalue weighted by Crippen LogP contribution is 2.39. The van der Waals surface area contributed by atoms with E-state index < -0.39 is 261 Å². The minimum absolute atomic E-state index is 0.780. The normalized spacial score (nSPS) is 51.0. The highest BCUT2D eigenvalue weighted by molar-refractivity contribution is 7.80. The van der Waals surface area contributed by atoms with E-state index in [4.69, 9.17) is 72.0 Å². The molecule has 1 aromatic rings. The van der Waals surface area contributed by atoms with E-state index in [1.807, 2.05) is 24.3 Å². The van der Waals surface area contributed by atoms with Crippen LogP contribution in [0, 0.1) is 0 Å². The van der Waals surface area contributed by atoms with E-state index in [2.05, 4.69) is 12.6 Å². The summed E-state index contributed by atoms with van der Waals surface area (Å²) in [6.07, 6.45) is -70.2. The average molecular weight is 1260 g/mol. The third-order valence-electron chi connectivity index (χ3n) is 15.7. The van der Waals surface area contributed by atoms with Crippen LogP contribution in [0.15, 0.2) is 29.2 Å². The molecule has 21 fully saturated rings. The predicted octanol–water partition coefficient (Wildman–Crippen LogP) is -13.7. The molecule has 0 aromatic heterocycles. The van der Waals surface area contributed by atoms with Crippen LogP contribution >= 0.6 is 12.6 Å². The van der Waals surface area contributed by atoms with Gasteiger partial charge in [-0.05, 0) is 24.3 Å². The summed E-state index contributed by atoms with van der Waals surface area (Å²) in [7, 11) is 0. The van der Waals surface area contributed by atoms with Gasteiger partial charge in [0.1, 0.15) is 171 Å². The molecule has 21 aliphatic rings. The second-order valence-corrected chi connectivity index (χ2v) is 21.8. The number of aliphatic hydroxyl groups is 21. The summed E-state index contributed by atoms with van der Waals surface area (Å²) in [4.78, 5) is 0.944. The maximum atomic E-state index is 11.3. The number of thiol groups is 1. The van der Waals surface area contributed by atoms with Crippen LogP contribution in [0.1, 0.15) is 0 Å². The molecule has 14 bridgehead atoms. The van der Waals surface area contributed by atoms with Gasteiger partial charge in [-0.25, -0.2) is 0 Å². The third-order valence-corrected chi connectivity index (χ3v) is 16.0. The van der Waals surface area contributed by atoms with Crippen molar-refractivity contribution in [2.45, 2.75) is 220 Å². The number of aliphatic hydroxyl groups excluding tert-OH is 21. The zero-order valence-corrected chi connectivity index (χ0v) is 45.5. The fraction of sp³-hybridized carbons (Fsp3) is 0.875. The molecule has 0 amide bonds. The summed E-state index contributed by atoms with van der Waals surface area (Å²) in [6.45, 7) is -7.33. The van der Waals surface area contributed by atoms with Gasteiger partial charge in [-0.1, -0.05) is 0 Å². The summed E-state index contributed by atoms with van der Waals surface area (Å²) in [6, 6.07) is 7.36. The number of ether oxygens (including phenoxy) is 14. The van der Waals surface area contributed by atoms with Crippen molar-refractivity contribution in [3.8, 4) is 0 Å². The van der Waals surface area contributed by atoms with E-state index in [9.17, 15) is 107 Å². The van der Waals surface area contributed by atoms with Gasteiger partial charge in [0, 0.05) is 10.6 Å². The lowest BCUT2D eigenvalue weighted by Crippen LogP contribution is -2.68.